The van der Waals surface area contributed by atoms with Crippen molar-refractivity contribution in [1.29, 1.82) is 0 Å². The Kier molecular flexibility index (Phi) is 3.88. The number of rotatable bonds is 3. The van der Waals surface area contributed by atoms with Crippen molar-refractivity contribution >= 4 is 17.7 Å². The Bertz CT molecular complexity index is 350. The normalized spacial score (nSPS) is 24.3. The minimum Gasteiger partial charge on any atom is -0.461 e. The number of thioether (sulfide) groups is 1. The average Bonchev–Trinajstić information content (AvgIpc) is 2.73. The number of carbonyl (C=O) groups is 1. The van der Waals surface area contributed by atoms with Gasteiger partial charge in [-0.2, -0.15) is 11.8 Å². The summed E-state index contributed by atoms with van der Waals surface area (Å²) in [5.74, 6) is 1.64. The Labute approximate surface area is 100 Å². The largest absolute Gasteiger partial charge is 0.461 e. The summed E-state index contributed by atoms with van der Waals surface area (Å²) >= 11 is 1.91. The third-order valence-electron chi connectivity index (χ3n) is 2.93. The molecule has 0 amide bonds. The summed E-state index contributed by atoms with van der Waals surface area (Å²) in [6.07, 6.45) is 1.23. The first-order valence-corrected chi connectivity index (χ1v) is 6.66. The molecule has 0 spiro atoms. The molecule has 2 atom stereocenters. The number of benzene rings is 1. The van der Waals surface area contributed by atoms with Crippen molar-refractivity contribution in [2.24, 2.45) is 5.92 Å². The van der Waals surface area contributed by atoms with Crippen molar-refractivity contribution in [1.82, 2.24) is 0 Å². The standard InChI is InChI=1S/C13H16O2S/c1-10-7-8-16-12(10)9-15-13(14)11-5-3-2-4-6-11/h2-6,10,12H,7-9H2,1H3/t10-,12+/m0/s1. The van der Waals surface area contributed by atoms with Gasteiger partial charge in [-0.05, 0) is 30.2 Å². The van der Waals surface area contributed by atoms with Gasteiger partial charge in [-0.1, -0.05) is 25.1 Å². The summed E-state index contributed by atoms with van der Waals surface area (Å²) in [6, 6.07) is 9.17. The van der Waals surface area contributed by atoms with Crippen molar-refractivity contribution < 1.29 is 9.53 Å². The van der Waals surface area contributed by atoms with Crippen LogP contribution in [-0.4, -0.2) is 23.6 Å². The highest BCUT2D eigenvalue weighted by atomic mass is 32.2. The molecule has 0 aromatic heterocycles. The third-order valence-corrected chi connectivity index (χ3v) is 4.43. The lowest BCUT2D eigenvalue weighted by Crippen LogP contribution is -2.18. The monoisotopic (exact) mass is 236 g/mol. The van der Waals surface area contributed by atoms with Crippen LogP contribution in [0.25, 0.3) is 0 Å². The van der Waals surface area contributed by atoms with E-state index < -0.39 is 0 Å². The molecule has 0 aliphatic carbocycles. The number of hydrogen-bond donors (Lipinski definition) is 0. The van der Waals surface area contributed by atoms with E-state index in [1.165, 1.54) is 12.2 Å². The van der Waals surface area contributed by atoms with Crippen LogP contribution < -0.4 is 0 Å². The van der Waals surface area contributed by atoms with Crippen LogP contribution in [0.15, 0.2) is 30.3 Å². The lowest BCUT2D eigenvalue weighted by Gasteiger charge is -2.14. The molecule has 1 aromatic carbocycles. The van der Waals surface area contributed by atoms with Crippen molar-refractivity contribution in [2.75, 3.05) is 12.4 Å². The molecule has 0 bridgehead atoms. The van der Waals surface area contributed by atoms with Gasteiger partial charge in [-0.15, -0.1) is 0 Å². The predicted octanol–water partition coefficient (Wildman–Crippen LogP) is 2.99. The van der Waals surface area contributed by atoms with Crippen LogP contribution in [0.5, 0.6) is 0 Å². The molecule has 86 valence electrons. The maximum atomic E-state index is 11.7. The van der Waals surface area contributed by atoms with Gasteiger partial charge < -0.3 is 4.74 Å². The molecule has 16 heavy (non-hydrogen) atoms. The zero-order chi connectivity index (χ0) is 11.4. The van der Waals surface area contributed by atoms with Gasteiger partial charge in [0.15, 0.2) is 0 Å². The molecule has 1 aliphatic heterocycles. The second-order valence-electron chi connectivity index (χ2n) is 4.14. The van der Waals surface area contributed by atoms with Gasteiger partial charge in [-0.25, -0.2) is 4.79 Å². The topological polar surface area (TPSA) is 26.3 Å². The van der Waals surface area contributed by atoms with E-state index in [9.17, 15) is 4.79 Å². The Hall–Kier alpha value is -0.960. The van der Waals surface area contributed by atoms with Crippen LogP contribution in [0.3, 0.4) is 0 Å². The molecule has 1 saturated heterocycles. The highest BCUT2D eigenvalue weighted by molar-refractivity contribution is 8.00. The number of ether oxygens (including phenoxy) is 1. The maximum absolute atomic E-state index is 11.7. The van der Waals surface area contributed by atoms with E-state index in [0.29, 0.717) is 23.3 Å². The van der Waals surface area contributed by atoms with Crippen LogP contribution in [0.4, 0.5) is 0 Å². The minimum atomic E-state index is -0.208. The molecule has 0 saturated carbocycles. The highest BCUT2D eigenvalue weighted by Crippen LogP contribution is 2.31. The summed E-state index contributed by atoms with van der Waals surface area (Å²) < 4.78 is 5.32. The number of carbonyl (C=O) groups excluding carboxylic acids is 1. The van der Waals surface area contributed by atoms with Gasteiger partial charge in [0.1, 0.15) is 6.61 Å². The van der Waals surface area contributed by atoms with Crippen LogP contribution in [-0.2, 0) is 4.74 Å². The fourth-order valence-electron chi connectivity index (χ4n) is 1.78. The Morgan fingerprint density at radius 1 is 1.44 bits per heavy atom. The van der Waals surface area contributed by atoms with Gasteiger partial charge in [0.25, 0.3) is 0 Å². The van der Waals surface area contributed by atoms with Crippen molar-refractivity contribution in [3.05, 3.63) is 35.9 Å². The first-order chi connectivity index (χ1) is 7.77. The van der Waals surface area contributed by atoms with E-state index >= 15 is 0 Å². The Morgan fingerprint density at radius 2 is 2.19 bits per heavy atom. The molecule has 2 rings (SSSR count). The van der Waals surface area contributed by atoms with E-state index in [2.05, 4.69) is 6.92 Å². The molecule has 0 unspecified atom stereocenters. The average molecular weight is 236 g/mol. The van der Waals surface area contributed by atoms with E-state index in [-0.39, 0.29) is 5.97 Å². The summed E-state index contributed by atoms with van der Waals surface area (Å²) in [7, 11) is 0. The number of esters is 1. The van der Waals surface area contributed by atoms with Gasteiger partial charge in [0.2, 0.25) is 0 Å². The summed E-state index contributed by atoms with van der Waals surface area (Å²) in [4.78, 5) is 11.7. The quantitative estimate of drug-likeness (QED) is 0.755. The molecule has 1 aromatic rings. The molecular formula is C13H16O2S. The zero-order valence-electron chi connectivity index (χ0n) is 9.39. The van der Waals surface area contributed by atoms with Gasteiger partial charge in [-0.3, -0.25) is 0 Å². The first kappa shape index (κ1) is 11.5. The lowest BCUT2D eigenvalue weighted by atomic mass is 10.1. The first-order valence-electron chi connectivity index (χ1n) is 5.61. The predicted molar refractivity (Wildman–Crippen MR) is 66.8 cm³/mol. The SMILES string of the molecule is C[C@H]1CCS[C@@H]1COC(=O)c1ccccc1. The summed E-state index contributed by atoms with van der Waals surface area (Å²) in [6.45, 7) is 2.76. The molecule has 3 heteroatoms. The lowest BCUT2D eigenvalue weighted by molar-refractivity contribution is 0.0495. The van der Waals surface area contributed by atoms with E-state index in [4.69, 9.17) is 4.74 Å². The molecule has 1 aliphatic rings. The summed E-state index contributed by atoms with van der Waals surface area (Å²) in [5, 5.41) is 0.479. The van der Waals surface area contributed by atoms with Gasteiger partial charge >= 0.3 is 5.97 Å². The molecule has 1 heterocycles. The van der Waals surface area contributed by atoms with E-state index in [1.54, 1.807) is 12.1 Å². The van der Waals surface area contributed by atoms with E-state index in [1.807, 2.05) is 30.0 Å². The van der Waals surface area contributed by atoms with Gasteiger partial charge in [0, 0.05) is 5.25 Å². The number of hydrogen-bond acceptors (Lipinski definition) is 3. The Morgan fingerprint density at radius 3 is 2.81 bits per heavy atom. The minimum absolute atomic E-state index is 0.208. The van der Waals surface area contributed by atoms with Crippen LogP contribution >= 0.6 is 11.8 Å². The van der Waals surface area contributed by atoms with Crippen LogP contribution in [0, 0.1) is 5.92 Å². The molecule has 0 N–H and O–H groups in total. The van der Waals surface area contributed by atoms with Crippen molar-refractivity contribution in [2.45, 2.75) is 18.6 Å². The second-order valence-corrected chi connectivity index (χ2v) is 5.49. The smallest absolute Gasteiger partial charge is 0.338 e. The molecule has 1 fully saturated rings. The molecule has 0 radical (unpaired) electrons. The van der Waals surface area contributed by atoms with E-state index in [0.717, 1.165) is 0 Å². The highest BCUT2D eigenvalue weighted by Gasteiger charge is 2.25. The van der Waals surface area contributed by atoms with Crippen LogP contribution in [0.1, 0.15) is 23.7 Å². The fourth-order valence-corrected chi connectivity index (χ4v) is 3.22. The summed E-state index contributed by atoms with van der Waals surface area (Å²) in [5.41, 5.74) is 0.637. The van der Waals surface area contributed by atoms with Gasteiger partial charge in [0.05, 0.1) is 5.56 Å². The molecular weight excluding hydrogens is 220 g/mol. The maximum Gasteiger partial charge on any atom is 0.338 e. The fraction of sp³-hybridized carbons (Fsp3) is 0.462. The third kappa shape index (κ3) is 2.79. The van der Waals surface area contributed by atoms with Crippen molar-refractivity contribution in [3.63, 3.8) is 0 Å². The Balaban J connectivity index is 1.84. The van der Waals surface area contributed by atoms with Crippen molar-refractivity contribution in [3.8, 4) is 0 Å². The second kappa shape index (κ2) is 5.39. The van der Waals surface area contributed by atoms with Crippen LogP contribution in [0.2, 0.25) is 0 Å². The molecule has 2 nitrogen and oxygen atoms in total. The zero-order valence-corrected chi connectivity index (χ0v) is 10.2.